The fourth-order valence-electron chi connectivity index (χ4n) is 1.73. The van der Waals surface area contributed by atoms with Crippen molar-refractivity contribution in [2.45, 2.75) is 12.5 Å². The molecule has 1 aromatic rings. The average Bonchev–Trinajstić information content (AvgIpc) is 2.35. The van der Waals surface area contributed by atoms with Crippen molar-refractivity contribution in [2.24, 2.45) is 0 Å². The Morgan fingerprint density at radius 3 is 2.50 bits per heavy atom. The van der Waals surface area contributed by atoms with E-state index in [1.807, 2.05) is 19.0 Å². The van der Waals surface area contributed by atoms with Gasteiger partial charge in [-0.05, 0) is 31.8 Å². The summed E-state index contributed by atoms with van der Waals surface area (Å²) in [6, 6.07) is 4.46. The fraction of sp³-hybridized carbons (Fsp3) is 0.462. The zero-order chi connectivity index (χ0) is 13.7. The molecule has 0 spiro atoms. The molecule has 0 aromatic heterocycles. The SMILES string of the molecule is COC(=O)CC(c1ccc(OC)c(F)c1)N(C)C. The third-order valence-electron chi connectivity index (χ3n) is 2.77. The van der Waals surface area contributed by atoms with Gasteiger partial charge in [0.15, 0.2) is 11.6 Å². The van der Waals surface area contributed by atoms with E-state index in [-0.39, 0.29) is 24.2 Å². The first-order chi connectivity index (χ1) is 8.49. The van der Waals surface area contributed by atoms with E-state index in [4.69, 9.17) is 4.74 Å². The molecule has 1 unspecified atom stereocenters. The van der Waals surface area contributed by atoms with Crippen LogP contribution in [0.25, 0.3) is 0 Å². The van der Waals surface area contributed by atoms with Gasteiger partial charge in [0.1, 0.15) is 0 Å². The Balaban J connectivity index is 2.99. The van der Waals surface area contributed by atoms with Gasteiger partial charge in [-0.15, -0.1) is 0 Å². The van der Waals surface area contributed by atoms with Crippen molar-refractivity contribution < 1.29 is 18.7 Å². The molecule has 0 amide bonds. The number of hydrogen-bond acceptors (Lipinski definition) is 4. The predicted octanol–water partition coefficient (Wildman–Crippen LogP) is 2.00. The minimum absolute atomic E-state index is 0.176. The minimum Gasteiger partial charge on any atom is -0.494 e. The molecule has 4 nitrogen and oxygen atoms in total. The van der Waals surface area contributed by atoms with Gasteiger partial charge in [0.2, 0.25) is 0 Å². The van der Waals surface area contributed by atoms with E-state index in [0.717, 1.165) is 0 Å². The van der Waals surface area contributed by atoms with Crippen molar-refractivity contribution >= 4 is 5.97 Å². The lowest BCUT2D eigenvalue weighted by molar-refractivity contribution is -0.141. The molecule has 0 radical (unpaired) electrons. The highest BCUT2D eigenvalue weighted by molar-refractivity contribution is 5.70. The van der Waals surface area contributed by atoms with Crippen molar-refractivity contribution in [1.29, 1.82) is 0 Å². The van der Waals surface area contributed by atoms with Crippen LogP contribution in [0.4, 0.5) is 4.39 Å². The molecule has 0 heterocycles. The summed E-state index contributed by atoms with van der Waals surface area (Å²) in [5.74, 6) is -0.578. The zero-order valence-electron chi connectivity index (χ0n) is 11.1. The third-order valence-corrected chi connectivity index (χ3v) is 2.77. The quantitative estimate of drug-likeness (QED) is 0.754. The highest BCUT2D eigenvalue weighted by Gasteiger charge is 2.20. The minimum atomic E-state index is -0.438. The summed E-state index contributed by atoms with van der Waals surface area (Å²) in [4.78, 5) is 13.2. The number of rotatable bonds is 5. The van der Waals surface area contributed by atoms with Gasteiger partial charge in [0.25, 0.3) is 0 Å². The summed E-state index contributed by atoms with van der Waals surface area (Å²) in [6.45, 7) is 0. The monoisotopic (exact) mass is 255 g/mol. The van der Waals surface area contributed by atoms with Crippen LogP contribution in [0.3, 0.4) is 0 Å². The van der Waals surface area contributed by atoms with Gasteiger partial charge < -0.3 is 14.4 Å². The molecular formula is C13H18FNO3. The molecular weight excluding hydrogens is 237 g/mol. The lowest BCUT2D eigenvalue weighted by atomic mass is 10.0. The number of carbonyl (C=O) groups is 1. The van der Waals surface area contributed by atoms with Crippen LogP contribution in [0.5, 0.6) is 5.75 Å². The standard InChI is InChI=1S/C13H18FNO3/c1-15(2)11(8-13(16)18-4)9-5-6-12(17-3)10(14)7-9/h5-7,11H,8H2,1-4H3. The van der Waals surface area contributed by atoms with Gasteiger partial charge in [0.05, 0.1) is 20.6 Å². The van der Waals surface area contributed by atoms with Gasteiger partial charge in [-0.3, -0.25) is 4.79 Å². The lowest BCUT2D eigenvalue weighted by Crippen LogP contribution is -2.23. The molecule has 5 heteroatoms. The Kier molecular flexibility index (Phi) is 5.09. The van der Waals surface area contributed by atoms with Crippen LogP contribution < -0.4 is 4.74 Å². The molecule has 0 bridgehead atoms. The third kappa shape index (κ3) is 3.43. The first-order valence-electron chi connectivity index (χ1n) is 5.56. The number of hydrogen-bond donors (Lipinski definition) is 0. The molecule has 1 atom stereocenters. The number of benzene rings is 1. The molecule has 0 fully saturated rings. The van der Waals surface area contributed by atoms with E-state index in [2.05, 4.69) is 4.74 Å². The van der Waals surface area contributed by atoms with Crippen LogP contribution >= 0.6 is 0 Å². The largest absolute Gasteiger partial charge is 0.494 e. The van der Waals surface area contributed by atoms with Crippen LogP contribution in [0.15, 0.2) is 18.2 Å². The van der Waals surface area contributed by atoms with Crippen molar-refractivity contribution in [1.82, 2.24) is 4.90 Å². The highest BCUT2D eigenvalue weighted by Crippen LogP contribution is 2.26. The number of esters is 1. The first-order valence-corrected chi connectivity index (χ1v) is 5.56. The molecule has 0 aliphatic carbocycles. The molecule has 0 aliphatic rings. The summed E-state index contributed by atoms with van der Waals surface area (Å²) in [5, 5.41) is 0. The summed E-state index contributed by atoms with van der Waals surface area (Å²) < 4.78 is 23.1. The van der Waals surface area contributed by atoms with Crippen molar-refractivity contribution in [3.8, 4) is 5.75 Å². The van der Waals surface area contributed by atoms with Gasteiger partial charge in [0, 0.05) is 6.04 Å². The maximum atomic E-state index is 13.6. The van der Waals surface area contributed by atoms with Crippen LogP contribution in [0.1, 0.15) is 18.0 Å². The summed E-state index contributed by atoms with van der Waals surface area (Å²) >= 11 is 0. The second kappa shape index (κ2) is 6.35. The van der Waals surface area contributed by atoms with Crippen LogP contribution in [-0.4, -0.2) is 39.2 Å². The molecule has 0 N–H and O–H groups in total. The smallest absolute Gasteiger partial charge is 0.307 e. The fourth-order valence-corrected chi connectivity index (χ4v) is 1.73. The van der Waals surface area contributed by atoms with Crippen LogP contribution in [-0.2, 0) is 9.53 Å². The molecule has 18 heavy (non-hydrogen) atoms. The Labute approximate surface area is 106 Å². The second-order valence-corrected chi connectivity index (χ2v) is 4.15. The average molecular weight is 255 g/mol. The summed E-state index contributed by atoms with van der Waals surface area (Å²) in [7, 11) is 6.41. The number of methoxy groups -OCH3 is 2. The van der Waals surface area contributed by atoms with Gasteiger partial charge in [-0.2, -0.15) is 0 Å². The van der Waals surface area contributed by atoms with E-state index in [1.165, 1.54) is 20.3 Å². The molecule has 100 valence electrons. The van der Waals surface area contributed by atoms with Crippen molar-refractivity contribution in [3.63, 3.8) is 0 Å². The van der Waals surface area contributed by atoms with E-state index in [1.54, 1.807) is 12.1 Å². The highest BCUT2D eigenvalue weighted by atomic mass is 19.1. The summed E-state index contributed by atoms with van der Waals surface area (Å²) in [5.41, 5.74) is 0.712. The Bertz CT molecular complexity index is 421. The van der Waals surface area contributed by atoms with E-state index in [9.17, 15) is 9.18 Å². The lowest BCUT2D eigenvalue weighted by Gasteiger charge is -2.24. The number of carbonyl (C=O) groups excluding carboxylic acids is 1. The van der Waals surface area contributed by atoms with Gasteiger partial charge in [-0.1, -0.05) is 6.07 Å². The number of halogens is 1. The van der Waals surface area contributed by atoms with Gasteiger partial charge >= 0.3 is 5.97 Å². The van der Waals surface area contributed by atoms with Gasteiger partial charge in [-0.25, -0.2) is 4.39 Å². The molecule has 0 saturated carbocycles. The van der Waals surface area contributed by atoms with E-state index >= 15 is 0 Å². The molecule has 1 rings (SSSR count). The summed E-state index contributed by atoms with van der Waals surface area (Å²) in [6.07, 6.45) is 0.176. The van der Waals surface area contributed by atoms with Crippen LogP contribution in [0.2, 0.25) is 0 Å². The van der Waals surface area contributed by atoms with Crippen molar-refractivity contribution in [3.05, 3.63) is 29.6 Å². The number of ether oxygens (including phenoxy) is 2. The zero-order valence-corrected chi connectivity index (χ0v) is 11.1. The van der Waals surface area contributed by atoms with E-state index < -0.39 is 5.82 Å². The second-order valence-electron chi connectivity index (χ2n) is 4.15. The maximum Gasteiger partial charge on any atom is 0.307 e. The number of nitrogens with zero attached hydrogens (tertiary/aromatic N) is 1. The molecule has 1 aromatic carbocycles. The maximum absolute atomic E-state index is 13.6. The Hall–Kier alpha value is -1.62. The Morgan fingerprint density at radius 2 is 2.06 bits per heavy atom. The van der Waals surface area contributed by atoms with Crippen LogP contribution in [0, 0.1) is 5.82 Å². The Morgan fingerprint density at radius 1 is 1.39 bits per heavy atom. The molecule has 0 aliphatic heterocycles. The van der Waals surface area contributed by atoms with E-state index in [0.29, 0.717) is 5.56 Å². The topological polar surface area (TPSA) is 38.8 Å². The predicted molar refractivity (Wildman–Crippen MR) is 66.0 cm³/mol. The van der Waals surface area contributed by atoms with Crippen molar-refractivity contribution in [2.75, 3.05) is 28.3 Å². The normalized spacial score (nSPS) is 12.3. The molecule has 0 saturated heterocycles. The first kappa shape index (κ1) is 14.4.